The Morgan fingerprint density at radius 2 is 2.06 bits per heavy atom. The highest BCUT2D eigenvalue weighted by molar-refractivity contribution is 7.98. The van der Waals surface area contributed by atoms with Gasteiger partial charge in [0.1, 0.15) is 5.82 Å². The van der Waals surface area contributed by atoms with Gasteiger partial charge in [-0.05, 0) is 43.7 Å². The van der Waals surface area contributed by atoms with Crippen molar-refractivity contribution in [1.82, 2.24) is 25.3 Å². The van der Waals surface area contributed by atoms with Gasteiger partial charge < -0.3 is 9.84 Å². The van der Waals surface area contributed by atoms with E-state index >= 15 is 0 Å². The van der Waals surface area contributed by atoms with Crippen LogP contribution in [0.1, 0.15) is 29.3 Å². The van der Waals surface area contributed by atoms with Crippen LogP contribution < -0.4 is 5.32 Å². The zero-order valence-electron chi connectivity index (χ0n) is 17.6. The molecule has 0 bridgehead atoms. The van der Waals surface area contributed by atoms with Gasteiger partial charge in [-0.15, -0.1) is 5.10 Å². The van der Waals surface area contributed by atoms with Crippen molar-refractivity contribution in [2.45, 2.75) is 37.6 Å². The normalized spacial score (nSPS) is 11.0. The number of halogens is 1. The zero-order valence-corrected chi connectivity index (χ0v) is 18.4. The molecule has 2 N–H and O–H groups in total. The van der Waals surface area contributed by atoms with E-state index in [1.54, 1.807) is 6.92 Å². The summed E-state index contributed by atoms with van der Waals surface area (Å²) in [5, 5.41) is 14.5. The van der Waals surface area contributed by atoms with Gasteiger partial charge in [-0.3, -0.25) is 9.89 Å². The topological polar surface area (TPSA) is 110 Å². The van der Waals surface area contributed by atoms with Crippen molar-refractivity contribution in [3.8, 4) is 11.4 Å². The molecule has 0 aliphatic heterocycles. The van der Waals surface area contributed by atoms with Crippen LogP contribution in [0.15, 0.2) is 52.1 Å². The molecular formula is C22H21FN6O2S. The molecule has 10 heteroatoms. The van der Waals surface area contributed by atoms with Crippen LogP contribution in [0.2, 0.25) is 0 Å². The lowest BCUT2D eigenvalue weighted by Crippen LogP contribution is -2.13. The van der Waals surface area contributed by atoms with Gasteiger partial charge in [0.15, 0.2) is 11.6 Å². The summed E-state index contributed by atoms with van der Waals surface area (Å²) >= 11 is 1.39. The summed E-state index contributed by atoms with van der Waals surface area (Å²) in [4.78, 5) is 21.0. The second kappa shape index (κ2) is 9.73. The number of hydrogen-bond donors (Lipinski definition) is 2. The molecule has 8 nitrogen and oxygen atoms in total. The van der Waals surface area contributed by atoms with E-state index in [1.807, 2.05) is 31.2 Å². The first-order chi connectivity index (χ1) is 15.5. The van der Waals surface area contributed by atoms with Crippen LogP contribution in [0.4, 0.5) is 10.1 Å². The molecule has 2 aromatic carbocycles. The fourth-order valence-corrected chi connectivity index (χ4v) is 3.65. The number of thioether (sulfide) groups is 1. The largest absolute Gasteiger partial charge is 0.339 e. The van der Waals surface area contributed by atoms with Crippen molar-refractivity contribution in [3.63, 3.8) is 0 Å². The Morgan fingerprint density at radius 3 is 2.88 bits per heavy atom. The standard InChI is InChI=1S/C22H21FN6O2S/c1-13-4-3-5-15(10-13)21-26-22(28-27-21)32-12-18-25-20(31-29-18)9-8-19(30)24-17-7-6-16(23)11-14(17)2/h3-7,10-11H,8-9,12H2,1-2H3,(H,24,30)(H,26,27,28). The SMILES string of the molecule is Cc1cccc(-c2nc(SCc3noc(CCC(=O)Nc4ccc(F)cc4C)n3)n[nH]2)c1. The molecule has 0 fully saturated rings. The number of carbonyl (C=O) groups is 1. The molecule has 32 heavy (non-hydrogen) atoms. The van der Waals surface area contributed by atoms with Crippen LogP contribution in [0.5, 0.6) is 0 Å². The summed E-state index contributed by atoms with van der Waals surface area (Å²) < 4.78 is 18.4. The number of aromatic nitrogens is 5. The first-order valence-corrected chi connectivity index (χ1v) is 10.9. The van der Waals surface area contributed by atoms with E-state index in [-0.39, 0.29) is 18.1 Å². The number of hydrogen-bond acceptors (Lipinski definition) is 7. The van der Waals surface area contributed by atoms with Crippen LogP contribution in [0.25, 0.3) is 11.4 Å². The highest BCUT2D eigenvalue weighted by atomic mass is 32.2. The number of amides is 1. The van der Waals surface area contributed by atoms with Gasteiger partial charge in [-0.25, -0.2) is 9.37 Å². The Bertz CT molecular complexity index is 1240. The third kappa shape index (κ3) is 5.58. The quantitative estimate of drug-likeness (QED) is 0.380. The van der Waals surface area contributed by atoms with Crippen molar-refractivity contribution >= 4 is 23.4 Å². The lowest BCUT2D eigenvalue weighted by molar-refractivity contribution is -0.116. The Labute approximate surface area is 188 Å². The molecule has 2 heterocycles. The summed E-state index contributed by atoms with van der Waals surface area (Å²) in [7, 11) is 0. The maximum absolute atomic E-state index is 13.2. The molecule has 0 radical (unpaired) electrons. The molecule has 4 aromatic rings. The minimum atomic E-state index is -0.340. The molecule has 0 saturated heterocycles. The minimum Gasteiger partial charge on any atom is -0.339 e. The van der Waals surface area contributed by atoms with Crippen molar-refractivity contribution in [2.24, 2.45) is 0 Å². The zero-order chi connectivity index (χ0) is 22.5. The molecule has 0 saturated carbocycles. The number of carbonyl (C=O) groups excluding carboxylic acids is 1. The Morgan fingerprint density at radius 1 is 1.19 bits per heavy atom. The summed E-state index contributed by atoms with van der Waals surface area (Å²) in [6.07, 6.45) is 0.480. The monoisotopic (exact) mass is 452 g/mol. The molecule has 4 rings (SSSR count). The highest BCUT2D eigenvalue weighted by Crippen LogP contribution is 2.22. The van der Waals surface area contributed by atoms with Crippen LogP contribution in [-0.4, -0.2) is 31.2 Å². The van der Waals surface area contributed by atoms with E-state index in [1.165, 1.54) is 30.0 Å². The molecule has 164 valence electrons. The average Bonchev–Trinajstić information content (AvgIpc) is 3.42. The lowest BCUT2D eigenvalue weighted by atomic mass is 10.1. The van der Waals surface area contributed by atoms with Crippen molar-refractivity contribution in [3.05, 3.63) is 71.1 Å². The summed E-state index contributed by atoms with van der Waals surface area (Å²) in [6, 6.07) is 12.2. The Kier molecular flexibility index (Phi) is 6.60. The smallest absolute Gasteiger partial charge is 0.227 e. The molecule has 0 unspecified atom stereocenters. The van der Waals surface area contributed by atoms with Crippen molar-refractivity contribution < 1.29 is 13.7 Å². The second-order valence-electron chi connectivity index (χ2n) is 7.24. The van der Waals surface area contributed by atoms with E-state index in [9.17, 15) is 9.18 Å². The predicted octanol–water partition coefficient (Wildman–Crippen LogP) is 4.47. The fraction of sp³-hybridized carbons (Fsp3) is 0.227. The summed E-state index contributed by atoms with van der Waals surface area (Å²) in [6.45, 7) is 3.76. The van der Waals surface area contributed by atoms with E-state index in [0.29, 0.717) is 46.1 Å². The van der Waals surface area contributed by atoms with Gasteiger partial charge in [0.2, 0.25) is 17.0 Å². The van der Waals surface area contributed by atoms with Gasteiger partial charge in [0.05, 0.1) is 5.75 Å². The third-order valence-electron chi connectivity index (χ3n) is 4.63. The lowest BCUT2D eigenvalue weighted by Gasteiger charge is -2.07. The van der Waals surface area contributed by atoms with E-state index in [0.717, 1.165) is 11.1 Å². The second-order valence-corrected chi connectivity index (χ2v) is 8.18. The van der Waals surface area contributed by atoms with Crippen LogP contribution in [-0.2, 0) is 17.0 Å². The summed E-state index contributed by atoms with van der Waals surface area (Å²) in [5.74, 6) is 1.47. The number of aryl methyl sites for hydroxylation is 3. The van der Waals surface area contributed by atoms with E-state index in [4.69, 9.17) is 4.52 Å². The summed E-state index contributed by atoms with van der Waals surface area (Å²) in [5.41, 5.74) is 3.36. The number of rotatable bonds is 8. The molecule has 0 aliphatic carbocycles. The average molecular weight is 453 g/mol. The number of benzene rings is 2. The van der Waals surface area contributed by atoms with Crippen molar-refractivity contribution in [2.75, 3.05) is 5.32 Å². The highest BCUT2D eigenvalue weighted by Gasteiger charge is 2.13. The van der Waals surface area contributed by atoms with Gasteiger partial charge >= 0.3 is 0 Å². The fourth-order valence-electron chi connectivity index (χ4n) is 3.01. The number of nitrogens with one attached hydrogen (secondary N) is 2. The van der Waals surface area contributed by atoms with E-state index < -0.39 is 0 Å². The number of anilines is 1. The molecule has 0 aliphatic rings. The van der Waals surface area contributed by atoms with E-state index in [2.05, 4.69) is 30.6 Å². The number of aromatic amines is 1. The van der Waals surface area contributed by atoms with Gasteiger partial charge in [-0.1, -0.05) is 40.7 Å². The first-order valence-electron chi connectivity index (χ1n) is 9.96. The Balaban J connectivity index is 1.26. The van der Waals surface area contributed by atoms with Crippen molar-refractivity contribution in [1.29, 1.82) is 0 Å². The first kappa shape index (κ1) is 21.7. The minimum absolute atomic E-state index is 0.173. The molecule has 0 spiro atoms. The van der Waals surface area contributed by atoms with Crippen LogP contribution in [0, 0.1) is 19.7 Å². The van der Waals surface area contributed by atoms with Gasteiger partial charge in [-0.2, -0.15) is 4.98 Å². The maximum Gasteiger partial charge on any atom is 0.227 e. The number of H-pyrrole nitrogens is 1. The molecule has 2 aromatic heterocycles. The maximum atomic E-state index is 13.2. The Hall–Kier alpha value is -3.53. The third-order valence-corrected chi connectivity index (χ3v) is 5.47. The molecular weight excluding hydrogens is 431 g/mol. The van der Waals surface area contributed by atoms with Gasteiger partial charge in [0, 0.05) is 24.1 Å². The van der Waals surface area contributed by atoms with Gasteiger partial charge in [0.25, 0.3) is 0 Å². The molecule has 1 amide bonds. The molecule has 0 atom stereocenters. The van der Waals surface area contributed by atoms with Crippen LogP contribution in [0.3, 0.4) is 0 Å². The predicted molar refractivity (Wildman–Crippen MR) is 119 cm³/mol. The van der Waals surface area contributed by atoms with Crippen LogP contribution >= 0.6 is 11.8 Å². The number of nitrogens with zero attached hydrogens (tertiary/aromatic N) is 4.